The number of halogens is 1. The Labute approximate surface area is 59.8 Å². The lowest BCUT2D eigenvalue weighted by Gasteiger charge is -2.21. The number of hydrogen-bond acceptors (Lipinski definition) is 2. The molecule has 50 valence electrons. The Bertz CT molecular complexity index is 172. The van der Waals surface area contributed by atoms with Gasteiger partial charge in [-0.25, -0.2) is 0 Å². The van der Waals surface area contributed by atoms with Crippen LogP contribution in [-0.4, -0.2) is 12.1 Å². The molecule has 0 spiro atoms. The fourth-order valence-electron chi connectivity index (χ4n) is 0.587. The zero-order valence-corrected chi connectivity index (χ0v) is 6.24. The molecule has 0 radical (unpaired) electrons. The van der Waals surface area contributed by atoms with Crippen LogP contribution in [0.25, 0.3) is 0 Å². The van der Waals surface area contributed by atoms with Crippen molar-refractivity contribution in [3.63, 3.8) is 0 Å². The highest BCUT2D eigenvalue weighted by atomic mass is 35.5. The van der Waals surface area contributed by atoms with Crippen molar-refractivity contribution >= 4 is 11.6 Å². The molecule has 0 saturated carbocycles. The first-order chi connectivity index (χ1) is 4.20. The first-order valence-corrected chi connectivity index (χ1v) is 3.12. The van der Waals surface area contributed by atoms with E-state index in [9.17, 15) is 0 Å². The van der Waals surface area contributed by atoms with Gasteiger partial charge in [0.15, 0.2) is 0 Å². The molecule has 0 aromatic rings. The van der Waals surface area contributed by atoms with Gasteiger partial charge in [0.25, 0.3) is 0 Å². The van der Waals surface area contributed by atoms with E-state index in [2.05, 4.69) is 5.43 Å². The molecule has 1 rings (SSSR count). The third kappa shape index (κ3) is 1.39. The van der Waals surface area contributed by atoms with E-state index in [0.29, 0.717) is 0 Å². The van der Waals surface area contributed by atoms with Gasteiger partial charge in [-0.15, -0.1) is 0 Å². The van der Waals surface area contributed by atoms with Gasteiger partial charge in [0.05, 0.1) is 0 Å². The monoisotopic (exact) mass is 144 g/mol. The van der Waals surface area contributed by atoms with Crippen molar-refractivity contribution in [1.82, 2.24) is 10.4 Å². The Morgan fingerprint density at radius 1 is 1.67 bits per heavy atom. The average molecular weight is 145 g/mol. The molecule has 0 aromatic heterocycles. The minimum Gasteiger partial charge on any atom is -0.305 e. The van der Waals surface area contributed by atoms with Crippen molar-refractivity contribution in [2.24, 2.45) is 0 Å². The zero-order chi connectivity index (χ0) is 6.85. The third-order valence-electron chi connectivity index (χ3n) is 1.15. The van der Waals surface area contributed by atoms with E-state index < -0.39 is 0 Å². The highest BCUT2D eigenvalue weighted by Gasteiger charge is 2.02. The topological polar surface area (TPSA) is 15.3 Å². The molecule has 0 bridgehead atoms. The van der Waals surface area contributed by atoms with Crippen LogP contribution in [0, 0.1) is 0 Å². The molecule has 9 heavy (non-hydrogen) atoms. The van der Waals surface area contributed by atoms with Crippen molar-refractivity contribution < 1.29 is 0 Å². The summed E-state index contributed by atoms with van der Waals surface area (Å²) in [7, 11) is 1.86. The van der Waals surface area contributed by atoms with Crippen molar-refractivity contribution in [3.8, 4) is 0 Å². The van der Waals surface area contributed by atoms with E-state index >= 15 is 0 Å². The van der Waals surface area contributed by atoms with Crippen molar-refractivity contribution in [3.05, 3.63) is 23.0 Å². The number of rotatable bonds is 0. The van der Waals surface area contributed by atoms with Crippen molar-refractivity contribution in [2.75, 3.05) is 7.05 Å². The molecule has 1 N–H and O–H groups in total. The summed E-state index contributed by atoms with van der Waals surface area (Å²) in [5.41, 5.74) is 4.09. The van der Waals surface area contributed by atoms with Gasteiger partial charge in [0.2, 0.25) is 0 Å². The molecule has 1 aliphatic rings. The second-order valence-electron chi connectivity index (χ2n) is 2.04. The molecule has 0 saturated heterocycles. The summed E-state index contributed by atoms with van der Waals surface area (Å²) in [6, 6.07) is 0. The van der Waals surface area contributed by atoms with Gasteiger partial charge in [-0.3, -0.25) is 5.01 Å². The van der Waals surface area contributed by atoms with Crippen LogP contribution in [0.4, 0.5) is 0 Å². The fourth-order valence-corrected chi connectivity index (χ4v) is 0.808. The lowest BCUT2D eigenvalue weighted by atomic mass is 10.3. The predicted molar refractivity (Wildman–Crippen MR) is 38.6 cm³/mol. The Balaban J connectivity index is 2.74. The Kier molecular flexibility index (Phi) is 1.67. The molecule has 0 fully saturated rings. The maximum atomic E-state index is 5.75. The number of hydrogen-bond donors (Lipinski definition) is 1. The van der Waals surface area contributed by atoms with Gasteiger partial charge in [0.1, 0.15) is 5.16 Å². The van der Waals surface area contributed by atoms with Gasteiger partial charge < -0.3 is 5.43 Å². The summed E-state index contributed by atoms with van der Waals surface area (Å²) >= 11 is 5.75. The molecule has 0 aliphatic carbocycles. The lowest BCUT2D eigenvalue weighted by molar-refractivity contribution is 0.368. The standard InChI is InChI=1S/C6H9ClN2/c1-5-3-6(7)9(2)8-4-5/h3-4,8H,1-2H3. The van der Waals surface area contributed by atoms with E-state index in [0.717, 1.165) is 10.7 Å². The zero-order valence-electron chi connectivity index (χ0n) is 5.48. The third-order valence-corrected chi connectivity index (χ3v) is 1.52. The normalized spacial score (nSPS) is 18.3. The van der Waals surface area contributed by atoms with E-state index in [4.69, 9.17) is 11.6 Å². The summed E-state index contributed by atoms with van der Waals surface area (Å²) < 4.78 is 0. The molecule has 2 nitrogen and oxygen atoms in total. The van der Waals surface area contributed by atoms with Gasteiger partial charge in [-0.2, -0.15) is 0 Å². The minimum absolute atomic E-state index is 0.718. The van der Waals surface area contributed by atoms with Gasteiger partial charge in [-0.05, 0) is 18.6 Å². The maximum absolute atomic E-state index is 5.75. The predicted octanol–water partition coefficient (Wildman–Crippen LogP) is 1.42. The van der Waals surface area contributed by atoms with Crippen molar-refractivity contribution in [1.29, 1.82) is 0 Å². The fraction of sp³-hybridized carbons (Fsp3) is 0.333. The van der Waals surface area contributed by atoms with Crippen molar-refractivity contribution in [2.45, 2.75) is 6.92 Å². The largest absolute Gasteiger partial charge is 0.305 e. The van der Waals surface area contributed by atoms with Gasteiger partial charge >= 0.3 is 0 Å². The van der Waals surface area contributed by atoms with Crippen LogP contribution in [0.5, 0.6) is 0 Å². The Morgan fingerprint density at radius 2 is 2.33 bits per heavy atom. The summed E-state index contributed by atoms with van der Waals surface area (Å²) in [5.74, 6) is 0. The summed E-state index contributed by atoms with van der Waals surface area (Å²) in [5, 5.41) is 2.46. The quantitative estimate of drug-likeness (QED) is 0.518. The van der Waals surface area contributed by atoms with E-state index in [1.54, 1.807) is 5.01 Å². The number of hydrazine groups is 1. The molecule has 0 amide bonds. The van der Waals surface area contributed by atoms with Crippen LogP contribution < -0.4 is 5.43 Å². The summed E-state index contributed by atoms with van der Waals surface area (Å²) in [4.78, 5) is 0. The first kappa shape index (κ1) is 6.49. The number of nitrogens with zero attached hydrogens (tertiary/aromatic N) is 1. The molecule has 1 heterocycles. The van der Waals surface area contributed by atoms with E-state index in [1.165, 1.54) is 0 Å². The van der Waals surface area contributed by atoms with Gasteiger partial charge in [0, 0.05) is 13.2 Å². The summed E-state index contributed by atoms with van der Waals surface area (Å²) in [6.07, 6.45) is 3.80. The van der Waals surface area contributed by atoms with Crippen LogP contribution in [0.3, 0.4) is 0 Å². The van der Waals surface area contributed by atoms with E-state index in [1.807, 2.05) is 26.2 Å². The first-order valence-electron chi connectivity index (χ1n) is 2.74. The number of allylic oxidation sites excluding steroid dienone is 2. The molecule has 3 heteroatoms. The second-order valence-corrected chi connectivity index (χ2v) is 2.43. The van der Waals surface area contributed by atoms with Crippen LogP contribution in [-0.2, 0) is 0 Å². The molecular formula is C6H9ClN2. The van der Waals surface area contributed by atoms with Crippen LogP contribution in [0.1, 0.15) is 6.92 Å². The highest BCUT2D eigenvalue weighted by Crippen LogP contribution is 2.11. The smallest absolute Gasteiger partial charge is 0.123 e. The van der Waals surface area contributed by atoms with Crippen LogP contribution in [0.15, 0.2) is 23.0 Å². The van der Waals surface area contributed by atoms with Crippen LogP contribution in [0.2, 0.25) is 0 Å². The Hall–Kier alpha value is -0.630. The molecule has 0 unspecified atom stereocenters. The van der Waals surface area contributed by atoms with E-state index in [-0.39, 0.29) is 0 Å². The number of nitrogens with one attached hydrogen (secondary N) is 1. The summed E-state index contributed by atoms with van der Waals surface area (Å²) in [6.45, 7) is 1.99. The minimum atomic E-state index is 0.718. The Morgan fingerprint density at radius 3 is 2.78 bits per heavy atom. The van der Waals surface area contributed by atoms with Crippen LogP contribution >= 0.6 is 11.6 Å². The maximum Gasteiger partial charge on any atom is 0.123 e. The molecule has 1 aliphatic heterocycles. The average Bonchev–Trinajstić information content (AvgIpc) is 1.80. The molecular weight excluding hydrogens is 136 g/mol. The van der Waals surface area contributed by atoms with Gasteiger partial charge in [-0.1, -0.05) is 11.6 Å². The second kappa shape index (κ2) is 2.31. The lowest BCUT2D eigenvalue weighted by Crippen LogP contribution is -2.29. The molecule has 0 atom stereocenters. The SMILES string of the molecule is CC1=CNN(C)C(Cl)=C1. The highest BCUT2D eigenvalue weighted by molar-refractivity contribution is 6.29. The molecule has 0 aromatic carbocycles.